The number of phenols is 1. The number of carboxylic acid groups (broad SMARTS) is 3. The molecule has 0 aliphatic heterocycles. The lowest BCUT2D eigenvalue weighted by atomic mass is 10.1. The van der Waals surface area contributed by atoms with Crippen molar-refractivity contribution in [3.8, 4) is 5.75 Å². The van der Waals surface area contributed by atoms with E-state index in [0.717, 1.165) is 5.56 Å². The lowest BCUT2D eigenvalue weighted by Crippen LogP contribution is -2.42. The smallest absolute Gasteiger partial charge is 0.408 e. The molecule has 0 bridgehead atoms. The fraction of sp³-hybridized carbons (Fsp3) is 0.360. The third kappa shape index (κ3) is 15.4. The Hall–Kier alpha value is -4.16. The number of carbonyl (C=O) groups excluding carboxylic acids is 1. The molecule has 12 nitrogen and oxygen atoms in total. The summed E-state index contributed by atoms with van der Waals surface area (Å²) in [6.45, 7) is 5.04. The molecule has 0 radical (unpaired) electrons. The van der Waals surface area contributed by atoms with E-state index in [1.807, 2.05) is 18.2 Å². The third-order valence-corrected chi connectivity index (χ3v) is 4.57. The summed E-state index contributed by atoms with van der Waals surface area (Å²) < 4.78 is 5.01. The van der Waals surface area contributed by atoms with Crippen LogP contribution in [0, 0.1) is 5.92 Å². The van der Waals surface area contributed by atoms with Crippen molar-refractivity contribution < 1.29 is 44.3 Å². The van der Waals surface area contributed by atoms with E-state index in [4.69, 9.17) is 26.4 Å². The van der Waals surface area contributed by atoms with E-state index in [0.29, 0.717) is 5.56 Å². The number of aromatic hydroxyl groups is 1. The van der Waals surface area contributed by atoms with E-state index in [2.05, 4.69) is 5.32 Å². The highest BCUT2D eigenvalue weighted by molar-refractivity contribution is 5.80. The Morgan fingerprint density at radius 3 is 1.70 bits per heavy atom. The summed E-state index contributed by atoms with van der Waals surface area (Å²) in [5.74, 6) is -2.94. The Balaban J connectivity index is 0.000000762. The average molecular weight is 522 g/mol. The van der Waals surface area contributed by atoms with Crippen LogP contribution in [0.3, 0.4) is 0 Å². The number of nitrogens with two attached hydrogens (primary N) is 2. The summed E-state index contributed by atoms with van der Waals surface area (Å²) in [7, 11) is 0. The van der Waals surface area contributed by atoms with Gasteiger partial charge in [-0.15, -0.1) is 0 Å². The maximum absolute atomic E-state index is 11.7. The van der Waals surface area contributed by atoms with Gasteiger partial charge in [-0.2, -0.15) is 0 Å². The molecule has 0 aliphatic rings. The minimum absolute atomic E-state index is 0.0208. The van der Waals surface area contributed by atoms with E-state index >= 15 is 0 Å². The molecule has 37 heavy (non-hydrogen) atoms. The summed E-state index contributed by atoms with van der Waals surface area (Å²) >= 11 is 0. The van der Waals surface area contributed by atoms with E-state index in [9.17, 15) is 29.4 Å². The van der Waals surface area contributed by atoms with Crippen LogP contribution < -0.4 is 16.8 Å². The van der Waals surface area contributed by atoms with Crippen molar-refractivity contribution in [2.24, 2.45) is 17.4 Å². The topological polar surface area (TPSA) is 222 Å². The molecule has 0 unspecified atom stereocenters. The van der Waals surface area contributed by atoms with Gasteiger partial charge in [0.1, 0.15) is 30.5 Å². The fourth-order valence-corrected chi connectivity index (χ4v) is 2.26. The van der Waals surface area contributed by atoms with Crippen molar-refractivity contribution in [2.75, 3.05) is 0 Å². The number of carboxylic acids is 3. The predicted octanol–water partition coefficient (Wildman–Crippen LogP) is 1.79. The Labute approximate surface area is 214 Å². The number of carbonyl (C=O) groups is 4. The number of hydrogen-bond donors (Lipinski definition) is 7. The summed E-state index contributed by atoms with van der Waals surface area (Å²) in [4.78, 5) is 42.6. The first-order chi connectivity index (χ1) is 17.2. The van der Waals surface area contributed by atoms with Crippen LogP contribution >= 0.6 is 0 Å². The van der Waals surface area contributed by atoms with Gasteiger partial charge in [0.2, 0.25) is 0 Å². The minimum Gasteiger partial charge on any atom is -0.508 e. The lowest BCUT2D eigenvalue weighted by Gasteiger charge is -2.14. The van der Waals surface area contributed by atoms with Gasteiger partial charge in [0.15, 0.2) is 0 Å². The molecule has 12 heteroatoms. The van der Waals surface area contributed by atoms with E-state index in [-0.39, 0.29) is 24.7 Å². The molecule has 0 saturated carbocycles. The van der Waals surface area contributed by atoms with Crippen LogP contribution in [0.4, 0.5) is 4.79 Å². The van der Waals surface area contributed by atoms with Crippen LogP contribution in [-0.4, -0.2) is 62.6 Å². The molecule has 2 aromatic rings. The molecule has 1 amide bonds. The van der Waals surface area contributed by atoms with Gasteiger partial charge in [0.05, 0.1) is 0 Å². The summed E-state index contributed by atoms with van der Waals surface area (Å²) in [5.41, 5.74) is 11.5. The molecular formula is C25H35N3O9. The molecule has 0 heterocycles. The predicted molar refractivity (Wildman–Crippen MR) is 135 cm³/mol. The Bertz CT molecular complexity index is 981. The van der Waals surface area contributed by atoms with Crippen LogP contribution in [-0.2, 0) is 32.1 Å². The Kier molecular flexibility index (Phi) is 15.4. The van der Waals surface area contributed by atoms with Crippen molar-refractivity contribution in [3.63, 3.8) is 0 Å². The van der Waals surface area contributed by atoms with Crippen LogP contribution in [0.25, 0.3) is 0 Å². The molecule has 2 rings (SSSR count). The highest BCUT2D eigenvalue weighted by Gasteiger charge is 2.21. The van der Waals surface area contributed by atoms with Gasteiger partial charge in [-0.05, 0) is 36.1 Å². The van der Waals surface area contributed by atoms with Gasteiger partial charge in [-0.1, -0.05) is 56.3 Å². The second-order valence-corrected chi connectivity index (χ2v) is 8.20. The molecule has 0 spiro atoms. The Morgan fingerprint density at radius 2 is 1.32 bits per heavy atom. The number of amides is 1. The molecule has 0 aromatic heterocycles. The molecule has 2 aromatic carbocycles. The van der Waals surface area contributed by atoms with E-state index in [1.54, 1.807) is 38.1 Å². The number of alkyl carbamates (subject to hydrolysis) is 1. The number of nitrogens with one attached hydrogen (secondary N) is 1. The maximum atomic E-state index is 11.7. The number of benzene rings is 2. The van der Waals surface area contributed by atoms with E-state index < -0.39 is 42.1 Å². The SMILES string of the molecule is CC(C)[C@H](N)C(=O)O.C[C@H](N)C(=O)O.O=C(N[C@@H](Cc1ccc(O)cc1)C(=O)O)OCc1ccccc1. The van der Waals surface area contributed by atoms with Crippen LogP contribution in [0.5, 0.6) is 5.75 Å². The fourth-order valence-electron chi connectivity index (χ4n) is 2.26. The molecular weight excluding hydrogens is 486 g/mol. The van der Waals surface area contributed by atoms with Crippen molar-refractivity contribution in [3.05, 3.63) is 65.7 Å². The van der Waals surface area contributed by atoms with Gasteiger partial charge < -0.3 is 41.9 Å². The highest BCUT2D eigenvalue weighted by Crippen LogP contribution is 2.11. The molecule has 0 aliphatic carbocycles. The first-order valence-electron chi connectivity index (χ1n) is 11.2. The summed E-state index contributed by atoms with van der Waals surface area (Å²) in [5, 5.41) is 36.8. The number of rotatable bonds is 9. The number of hydrogen-bond acceptors (Lipinski definition) is 8. The van der Waals surface area contributed by atoms with Crippen molar-refractivity contribution in [1.82, 2.24) is 5.32 Å². The standard InChI is InChI=1S/C17H17NO5.C5H11NO2.C3H7NO2/c19-14-8-6-12(7-9-14)10-15(16(20)21)18-17(22)23-11-13-4-2-1-3-5-13;1-3(2)4(6)5(7)8;1-2(4)3(5)6/h1-9,15,19H,10-11H2,(H,18,22)(H,20,21);3-4H,6H2,1-2H3,(H,7,8);2H,4H2,1H3,(H,5,6)/t15-;4-;2-/m000/s1. The first kappa shape index (κ1) is 32.8. The monoisotopic (exact) mass is 521 g/mol. The van der Waals surface area contributed by atoms with Gasteiger partial charge in [-0.25, -0.2) is 9.59 Å². The average Bonchev–Trinajstić information content (AvgIpc) is 2.84. The maximum Gasteiger partial charge on any atom is 0.408 e. The summed E-state index contributed by atoms with van der Waals surface area (Å²) in [6.07, 6.45) is -0.698. The van der Waals surface area contributed by atoms with Gasteiger partial charge in [0, 0.05) is 6.42 Å². The quantitative estimate of drug-likeness (QED) is 0.252. The number of phenolic OH excluding ortho intramolecular Hbond substituents is 1. The second-order valence-electron chi connectivity index (χ2n) is 8.20. The lowest BCUT2D eigenvalue weighted by molar-refractivity contribution is -0.140. The van der Waals surface area contributed by atoms with Gasteiger partial charge >= 0.3 is 24.0 Å². The molecule has 3 atom stereocenters. The second kappa shape index (κ2) is 17.3. The highest BCUT2D eigenvalue weighted by atomic mass is 16.5. The zero-order valence-corrected chi connectivity index (χ0v) is 20.9. The van der Waals surface area contributed by atoms with E-state index in [1.165, 1.54) is 19.1 Å². The zero-order valence-electron chi connectivity index (χ0n) is 20.9. The molecule has 0 saturated heterocycles. The molecule has 204 valence electrons. The Morgan fingerprint density at radius 1 is 0.811 bits per heavy atom. The largest absolute Gasteiger partial charge is 0.508 e. The molecule has 9 N–H and O–H groups in total. The van der Waals surface area contributed by atoms with Crippen molar-refractivity contribution in [1.29, 1.82) is 0 Å². The van der Waals surface area contributed by atoms with Gasteiger partial charge in [-0.3, -0.25) is 9.59 Å². The van der Waals surface area contributed by atoms with Crippen LogP contribution in [0.2, 0.25) is 0 Å². The minimum atomic E-state index is -1.16. The van der Waals surface area contributed by atoms with Crippen LogP contribution in [0.1, 0.15) is 31.9 Å². The van der Waals surface area contributed by atoms with Crippen LogP contribution in [0.15, 0.2) is 54.6 Å². The number of aliphatic carboxylic acids is 3. The van der Waals surface area contributed by atoms with Crippen molar-refractivity contribution in [2.45, 2.75) is 51.9 Å². The van der Waals surface area contributed by atoms with Crippen molar-refractivity contribution >= 4 is 24.0 Å². The number of ether oxygens (including phenoxy) is 1. The third-order valence-electron chi connectivity index (χ3n) is 4.57. The molecule has 0 fully saturated rings. The normalized spacial score (nSPS) is 12.4. The first-order valence-corrected chi connectivity index (χ1v) is 11.2. The summed E-state index contributed by atoms with van der Waals surface area (Å²) in [6, 6.07) is 12.7. The zero-order chi connectivity index (χ0) is 28.5. The van der Waals surface area contributed by atoms with Gasteiger partial charge in [0.25, 0.3) is 0 Å².